The van der Waals surface area contributed by atoms with Crippen LogP contribution in [-0.4, -0.2) is 16.8 Å². The average molecular weight is 142 g/mol. The second-order valence-electron chi connectivity index (χ2n) is 2.92. The fraction of sp³-hybridized carbons (Fsp3) is 0.857. The lowest BCUT2D eigenvalue weighted by atomic mass is 10.2. The van der Waals surface area contributed by atoms with Gasteiger partial charge in [-0.1, -0.05) is 0 Å². The number of rotatable bonds is 1. The Balaban J connectivity index is 2.02. The molecule has 9 heavy (non-hydrogen) atoms. The first-order valence-corrected chi connectivity index (χ1v) is 4.47. The lowest BCUT2D eigenvalue weighted by Crippen LogP contribution is -1.99. The van der Waals surface area contributed by atoms with Gasteiger partial charge in [-0.25, -0.2) is 0 Å². The number of thioether (sulfide) groups is 1. The molecule has 3 unspecified atom stereocenters. The van der Waals surface area contributed by atoms with Crippen molar-refractivity contribution in [3.8, 4) is 0 Å². The zero-order chi connectivity index (χ0) is 6.43. The van der Waals surface area contributed by atoms with Gasteiger partial charge in [0.2, 0.25) is 0 Å². The summed E-state index contributed by atoms with van der Waals surface area (Å²) in [4.78, 5) is 10.8. The number of hydrogen-bond donors (Lipinski definition) is 0. The molecule has 1 aliphatic heterocycles. The zero-order valence-electron chi connectivity index (χ0n) is 5.46. The lowest BCUT2D eigenvalue weighted by Gasteiger charge is -1.94. The summed E-state index contributed by atoms with van der Waals surface area (Å²) in [7, 11) is 0. The fourth-order valence-electron chi connectivity index (χ4n) is 1.79. The van der Waals surface area contributed by atoms with Crippen molar-refractivity contribution in [1.82, 2.24) is 0 Å². The lowest BCUT2D eigenvalue weighted by molar-refractivity contribution is -0.118. The maximum absolute atomic E-state index is 10.8. The van der Waals surface area contributed by atoms with Crippen LogP contribution in [-0.2, 0) is 4.79 Å². The highest BCUT2D eigenvalue weighted by atomic mass is 32.2. The molecule has 0 N–H and O–H groups in total. The number of ketones is 1. The van der Waals surface area contributed by atoms with E-state index >= 15 is 0 Å². The van der Waals surface area contributed by atoms with Crippen LogP contribution in [0.1, 0.15) is 13.3 Å². The van der Waals surface area contributed by atoms with Crippen molar-refractivity contribution >= 4 is 17.5 Å². The van der Waals surface area contributed by atoms with Crippen LogP contribution >= 0.6 is 11.8 Å². The molecular formula is C7H10OS. The van der Waals surface area contributed by atoms with Crippen LogP contribution in [0.5, 0.6) is 0 Å². The molecule has 2 rings (SSSR count). The molecule has 2 aliphatic rings. The third-order valence-electron chi connectivity index (χ3n) is 2.33. The minimum Gasteiger partial charge on any atom is -0.300 e. The molecule has 3 atom stereocenters. The Bertz CT molecular complexity index is 145. The largest absolute Gasteiger partial charge is 0.300 e. The number of hydrogen-bond acceptors (Lipinski definition) is 2. The van der Waals surface area contributed by atoms with Gasteiger partial charge >= 0.3 is 0 Å². The summed E-state index contributed by atoms with van der Waals surface area (Å²) < 4.78 is 0. The molecule has 0 amide bonds. The number of fused-ring (bicyclic) bond motifs is 1. The molecule has 0 aromatic rings. The molecule has 0 aromatic carbocycles. The van der Waals surface area contributed by atoms with Crippen molar-refractivity contribution in [1.29, 1.82) is 0 Å². The van der Waals surface area contributed by atoms with E-state index in [1.54, 1.807) is 6.92 Å². The van der Waals surface area contributed by atoms with E-state index in [0.29, 0.717) is 11.7 Å². The SMILES string of the molecule is CC(=O)C1C2CCSC21. The molecule has 1 aliphatic carbocycles. The van der Waals surface area contributed by atoms with E-state index in [9.17, 15) is 4.79 Å². The topological polar surface area (TPSA) is 17.1 Å². The highest BCUT2D eigenvalue weighted by Crippen LogP contribution is 2.56. The number of Topliss-reactive ketones (excluding diaryl/α,β-unsaturated/α-hetero) is 1. The highest BCUT2D eigenvalue weighted by molar-refractivity contribution is 8.00. The summed E-state index contributed by atoms with van der Waals surface area (Å²) in [6, 6.07) is 0. The minimum atomic E-state index is 0.414. The third-order valence-corrected chi connectivity index (χ3v) is 3.83. The standard InChI is InChI=1S/C7H10OS/c1-4(8)6-5-2-3-9-7(5)6/h5-7H,2-3H2,1H3. The molecule has 0 bridgehead atoms. The van der Waals surface area contributed by atoms with Crippen molar-refractivity contribution in [3.05, 3.63) is 0 Å². The van der Waals surface area contributed by atoms with Crippen LogP contribution in [0.2, 0.25) is 0 Å². The molecule has 1 heterocycles. The van der Waals surface area contributed by atoms with Crippen LogP contribution in [0.25, 0.3) is 0 Å². The molecule has 2 heteroatoms. The van der Waals surface area contributed by atoms with E-state index in [-0.39, 0.29) is 0 Å². The molecule has 0 radical (unpaired) electrons. The summed E-state index contributed by atoms with van der Waals surface area (Å²) in [5.41, 5.74) is 0. The molecule has 1 saturated heterocycles. The number of carbonyl (C=O) groups excluding carboxylic acids is 1. The molecule has 0 spiro atoms. The smallest absolute Gasteiger partial charge is 0.134 e. The van der Waals surface area contributed by atoms with Gasteiger partial charge in [0.15, 0.2) is 0 Å². The van der Waals surface area contributed by atoms with Crippen molar-refractivity contribution in [3.63, 3.8) is 0 Å². The van der Waals surface area contributed by atoms with Crippen molar-refractivity contribution in [2.24, 2.45) is 11.8 Å². The average Bonchev–Trinajstić information content (AvgIpc) is 2.30. The number of carbonyl (C=O) groups is 1. The highest BCUT2D eigenvalue weighted by Gasteiger charge is 2.55. The van der Waals surface area contributed by atoms with Gasteiger partial charge in [0, 0.05) is 11.2 Å². The maximum Gasteiger partial charge on any atom is 0.134 e. The summed E-state index contributed by atoms with van der Waals surface area (Å²) in [6.45, 7) is 1.73. The first-order valence-electron chi connectivity index (χ1n) is 3.43. The second kappa shape index (κ2) is 1.75. The Kier molecular flexibility index (Phi) is 1.12. The van der Waals surface area contributed by atoms with E-state index < -0.39 is 0 Å². The minimum absolute atomic E-state index is 0.414. The van der Waals surface area contributed by atoms with Crippen LogP contribution in [0.4, 0.5) is 0 Å². The Morgan fingerprint density at radius 1 is 1.67 bits per heavy atom. The van der Waals surface area contributed by atoms with Crippen LogP contribution in [0, 0.1) is 11.8 Å². The monoisotopic (exact) mass is 142 g/mol. The third kappa shape index (κ3) is 0.725. The molecule has 1 nitrogen and oxygen atoms in total. The van der Waals surface area contributed by atoms with Crippen LogP contribution in [0.15, 0.2) is 0 Å². The van der Waals surface area contributed by atoms with Gasteiger partial charge in [0.1, 0.15) is 5.78 Å². The predicted molar refractivity (Wildman–Crippen MR) is 38.5 cm³/mol. The van der Waals surface area contributed by atoms with E-state index in [4.69, 9.17) is 0 Å². The quantitative estimate of drug-likeness (QED) is 0.549. The van der Waals surface area contributed by atoms with Gasteiger partial charge in [0.25, 0.3) is 0 Å². The van der Waals surface area contributed by atoms with Gasteiger partial charge in [-0.15, -0.1) is 0 Å². The predicted octanol–water partition coefficient (Wildman–Crippen LogP) is 1.33. The van der Waals surface area contributed by atoms with Gasteiger partial charge < -0.3 is 0 Å². The summed E-state index contributed by atoms with van der Waals surface area (Å²) in [5, 5.41) is 0.738. The van der Waals surface area contributed by atoms with Gasteiger partial charge in [-0.2, -0.15) is 11.8 Å². The molecule has 0 aromatic heterocycles. The Morgan fingerprint density at radius 3 is 2.78 bits per heavy atom. The summed E-state index contributed by atoms with van der Waals surface area (Å²) >= 11 is 1.99. The Morgan fingerprint density at radius 2 is 2.44 bits per heavy atom. The first kappa shape index (κ1) is 5.78. The Labute approximate surface area is 59.2 Å². The second-order valence-corrected chi connectivity index (χ2v) is 4.21. The molecule has 50 valence electrons. The van der Waals surface area contributed by atoms with Crippen molar-refractivity contribution < 1.29 is 4.79 Å². The van der Waals surface area contributed by atoms with Crippen LogP contribution < -0.4 is 0 Å². The van der Waals surface area contributed by atoms with Gasteiger partial charge in [-0.05, 0) is 25.0 Å². The van der Waals surface area contributed by atoms with Crippen molar-refractivity contribution in [2.45, 2.75) is 18.6 Å². The van der Waals surface area contributed by atoms with E-state index in [1.807, 2.05) is 11.8 Å². The van der Waals surface area contributed by atoms with E-state index in [0.717, 1.165) is 11.2 Å². The molecular weight excluding hydrogens is 132 g/mol. The normalized spacial score (nSPS) is 46.6. The molecule has 2 fully saturated rings. The zero-order valence-corrected chi connectivity index (χ0v) is 6.28. The summed E-state index contributed by atoms with van der Waals surface area (Å²) in [6.07, 6.45) is 1.29. The fourth-order valence-corrected chi connectivity index (χ4v) is 3.53. The van der Waals surface area contributed by atoms with Gasteiger partial charge in [-0.3, -0.25) is 4.79 Å². The van der Waals surface area contributed by atoms with E-state index in [1.165, 1.54) is 12.2 Å². The molecule has 1 saturated carbocycles. The summed E-state index contributed by atoms with van der Waals surface area (Å²) in [5.74, 6) is 2.95. The van der Waals surface area contributed by atoms with Gasteiger partial charge in [0.05, 0.1) is 0 Å². The first-order chi connectivity index (χ1) is 4.30. The Hall–Kier alpha value is 0.0200. The maximum atomic E-state index is 10.8. The van der Waals surface area contributed by atoms with E-state index in [2.05, 4.69) is 0 Å². The van der Waals surface area contributed by atoms with Crippen molar-refractivity contribution in [2.75, 3.05) is 5.75 Å². The van der Waals surface area contributed by atoms with Crippen LogP contribution in [0.3, 0.4) is 0 Å².